The Kier molecular flexibility index (Phi) is 4.11. The Morgan fingerprint density at radius 2 is 2.04 bits per heavy atom. The Morgan fingerprint density at radius 1 is 1.08 bits per heavy atom. The van der Waals surface area contributed by atoms with Crippen molar-refractivity contribution in [1.82, 2.24) is 19.7 Å². The molecule has 0 spiro atoms. The van der Waals surface area contributed by atoms with Gasteiger partial charge in [-0.15, -0.1) is 11.3 Å². The van der Waals surface area contributed by atoms with Gasteiger partial charge in [0.1, 0.15) is 5.69 Å². The molecule has 120 valence electrons. The molecule has 3 heterocycles. The van der Waals surface area contributed by atoms with E-state index < -0.39 is 0 Å². The number of aromatic nitrogens is 4. The number of nitrogens with zero attached hydrogens (tertiary/aromatic N) is 4. The Labute approximate surface area is 149 Å². The van der Waals surface area contributed by atoms with Crippen LogP contribution < -0.4 is 0 Å². The van der Waals surface area contributed by atoms with Gasteiger partial charge in [0.15, 0.2) is 0 Å². The van der Waals surface area contributed by atoms with E-state index in [0.29, 0.717) is 0 Å². The largest absolute Gasteiger partial charge is 0.255 e. The van der Waals surface area contributed by atoms with Gasteiger partial charge in [0.25, 0.3) is 0 Å². The number of pyridine rings is 1. The first-order valence-corrected chi connectivity index (χ1v) is 8.66. The summed E-state index contributed by atoms with van der Waals surface area (Å²) in [6.45, 7) is 1.98. The normalized spacial score (nSPS) is 10.3. The third-order valence-corrected chi connectivity index (χ3v) is 4.40. The lowest BCUT2D eigenvalue weighted by Gasteiger charge is -2.05. The molecule has 5 heteroatoms. The predicted molar refractivity (Wildman–Crippen MR) is 99.6 cm³/mol. The number of hydrogen-bond donors (Lipinski definition) is 0. The monoisotopic (exact) mass is 342 g/mol. The lowest BCUT2D eigenvalue weighted by atomic mass is 10.1. The smallest absolute Gasteiger partial charge is 0.124 e. The number of rotatable bonds is 2. The highest BCUT2D eigenvalue weighted by Gasteiger charge is 2.02. The van der Waals surface area contributed by atoms with Gasteiger partial charge in [-0.05, 0) is 43.2 Å². The zero-order valence-electron chi connectivity index (χ0n) is 13.5. The standard InChI is InChI=1S/C20H14N4S/c1-15-23-18(14-25-15)8-6-16-7-9-20(21-13-16)17-4-2-5-19(12-17)24-11-3-10-22-24/h2-5,7,9-14H,1H3. The minimum Gasteiger partial charge on any atom is -0.255 e. The first kappa shape index (κ1) is 15.3. The molecule has 4 nitrogen and oxygen atoms in total. The molecule has 0 fully saturated rings. The lowest BCUT2D eigenvalue weighted by Crippen LogP contribution is -1.94. The second-order valence-electron chi connectivity index (χ2n) is 5.43. The van der Waals surface area contributed by atoms with Crippen molar-refractivity contribution in [3.63, 3.8) is 0 Å². The maximum absolute atomic E-state index is 4.54. The van der Waals surface area contributed by atoms with Gasteiger partial charge in [-0.2, -0.15) is 5.10 Å². The zero-order chi connectivity index (χ0) is 17.1. The van der Waals surface area contributed by atoms with Crippen LogP contribution in [-0.2, 0) is 0 Å². The SMILES string of the molecule is Cc1nc(C#Cc2ccc(-c3cccc(-n4cccn4)c3)nc2)cs1. The van der Waals surface area contributed by atoms with Crippen LogP contribution in [0.4, 0.5) is 0 Å². The van der Waals surface area contributed by atoms with Crippen molar-refractivity contribution in [1.29, 1.82) is 0 Å². The average Bonchev–Trinajstić information content (AvgIpc) is 3.32. The predicted octanol–water partition coefficient (Wildman–Crippen LogP) is 4.10. The molecule has 0 saturated carbocycles. The number of thiazole rings is 1. The first-order chi connectivity index (χ1) is 12.3. The summed E-state index contributed by atoms with van der Waals surface area (Å²) >= 11 is 1.60. The van der Waals surface area contributed by atoms with E-state index in [-0.39, 0.29) is 0 Å². The molecule has 4 rings (SSSR count). The van der Waals surface area contributed by atoms with Crippen LogP contribution in [0.2, 0.25) is 0 Å². The summed E-state index contributed by atoms with van der Waals surface area (Å²) in [6.07, 6.45) is 5.48. The summed E-state index contributed by atoms with van der Waals surface area (Å²) < 4.78 is 1.83. The molecule has 0 unspecified atom stereocenters. The molecular formula is C20H14N4S. The van der Waals surface area contributed by atoms with E-state index in [4.69, 9.17) is 0 Å². The van der Waals surface area contributed by atoms with Crippen LogP contribution in [0, 0.1) is 18.8 Å². The second kappa shape index (κ2) is 6.71. The van der Waals surface area contributed by atoms with Crippen molar-refractivity contribution in [2.45, 2.75) is 6.92 Å². The fourth-order valence-corrected chi connectivity index (χ4v) is 2.97. The quantitative estimate of drug-likeness (QED) is 0.515. The summed E-state index contributed by atoms with van der Waals surface area (Å²) in [6, 6.07) is 14.0. The van der Waals surface area contributed by atoms with E-state index in [0.717, 1.165) is 33.2 Å². The molecule has 0 aliphatic heterocycles. The molecule has 0 atom stereocenters. The van der Waals surface area contributed by atoms with Crippen molar-refractivity contribution < 1.29 is 0 Å². The Bertz CT molecular complexity index is 1050. The number of benzene rings is 1. The lowest BCUT2D eigenvalue weighted by molar-refractivity contribution is 0.881. The van der Waals surface area contributed by atoms with Crippen molar-refractivity contribution >= 4 is 11.3 Å². The third kappa shape index (κ3) is 3.49. The summed E-state index contributed by atoms with van der Waals surface area (Å²) in [7, 11) is 0. The maximum Gasteiger partial charge on any atom is 0.124 e. The van der Waals surface area contributed by atoms with Crippen LogP contribution >= 0.6 is 11.3 Å². The van der Waals surface area contributed by atoms with Crippen molar-refractivity contribution in [2.24, 2.45) is 0 Å². The van der Waals surface area contributed by atoms with Gasteiger partial charge in [0, 0.05) is 35.1 Å². The molecule has 0 radical (unpaired) electrons. The zero-order valence-corrected chi connectivity index (χ0v) is 14.4. The van der Waals surface area contributed by atoms with Gasteiger partial charge in [-0.1, -0.05) is 18.1 Å². The molecule has 0 bridgehead atoms. The highest BCUT2D eigenvalue weighted by atomic mass is 32.1. The highest BCUT2D eigenvalue weighted by molar-refractivity contribution is 7.09. The maximum atomic E-state index is 4.54. The van der Waals surface area contributed by atoms with Crippen LogP contribution in [0.3, 0.4) is 0 Å². The van der Waals surface area contributed by atoms with Crippen LogP contribution in [-0.4, -0.2) is 19.7 Å². The van der Waals surface area contributed by atoms with Crippen LogP contribution in [0.5, 0.6) is 0 Å². The van der Waals surface area contributed by atoms with E-state index in [1.807, 2.05) is 59.6 Å². The number of hydrogen-bond acceptors (Lipinski definition) is 4. The topological polar surface area (TPSA) is 43.6 Å². The molecule has 4 aromatic rings. The van der Waals surface area contributed by atoms with Crippen LogP contribution in [0.25, 0.3) is 16.9 Å². The van der Waals surface area contributed by atoms with E-state index in [1.165, 1.54) is 0 Å². The van der Waals surface area contributed by atoms with Gasteiger partial charge in [0.05, 0.1) is 16.4 Å². The van der Waals surface area contributed by atoms with Gasteiger partial charge in [-0.3, -0.25) is 4.98 Å². The van der Waals surface area contributed by atoms with Gasteiger partial charge >= 0.3 is 0 Å². The third-order valence-electron chi connectivity index (χ3n) is 3.63. The molecule has 0 saturated heterocycles. The van der Waals surface area contributed by atoms with Gasteiger partial charge in [0.2, 0.25) is 0 Å². The van der Waals surface area contributed by atoms with E-state index in [9.17, 15) is 0 Å². The summed E-state index contributed by atoms with van der Waals surface area (Å²) in [4.78, 5) is 8.88. The summed E-state index contributed by atoms with van der Waals surface area (Å²) in [5.74, 6) is 6.17. The molecule has 0 N–H and O–H groups in total. The first-order valence-electron chi connectivity index (χ1n) is 7.78. The average molecular weight is 342 g/mol. The van der Waals surface area contributed by atoms with Crippen molar-refractivity contribution in [2.75, 3.05) is 0 Å². The molecule has 1 aromatic carbocycles. The molecule has 0 amide bonds. The Balaban J connectivity index is 1.58. The van der Waals surface area contributed by atoms with Crippen LogP contribution in [0.15, 0.2) is 66.4 Å². The van der Waals surface area contributed by atoms with Crippen molar-refractivity contribution in [3.8, 4) is 28.8 Å². The van der Waals surface area contributed by atoms with Crippen molar-refractivity contribution in [3.05, 3.63) is 82.7 Å². The van der Waals surface area contributed by atoms with E-state index in [1.54, 1.807) is 23.7 Å². The fraction of sp³-hybridized carbons (Fsp3) is 0.0500. The molecule has 0 aliphatic rings. The fourth-order valence-electron chi connectivity index (χ4n) is 2.42. The Morgan fingerprint density at radius 3 is 2.76 bits per heavy atom. The minimum absolute atomic E-state index is 0.804. The Hall–Kier alpha value is -3.23. The van der Waals surface area contributed by atoms with E-state index in [2.05, 4.69) is 33.0 Å². The van der Waals surface area contributed by atoms with E-state index >= 15 is 0 Å². The van der Waals surface area contributed by atoms with Crippen LogP contribution in [0.1, 0.15) is 16.3 Å². The molecule has 0 aliphatic carbocycles. The second-order valence-corrected chi connectivity index (χ2v) is 6.50. The molecule has 25 heavy (non-hydrogen) atoms. The highest BCUT2D eigenvalue weighted by Crippen LogP contribution is 2.20. The molecule has 3 aromatic heterocycles. The summed E-state index contributed by atoms with van der Waals surface area (Å²) in [5, 5.41) is 7.25. The molecular weight excluding hydrogens is 328 g/mol. The number of aryl methyl sites for hydroxylation is 1. The van der Waals surface area contributed by atoms with Gasteiger partial charge in [-0.25, -0.2) is 9.67 Å². The minimum atomic E-state index is 0.804. The summed E-state index contributed by atoms with van der Waals surface area (Å²) in [5.41, 5.74) is 4.63. The van der Waals surface area contributed by atoms with Gasteiger partial charge < -0.3 is 0 Å².